The normalized spacial score (nSPS) is 12.4. The molecule has 0 radical (unpaired) electrons. The smallest absolute Gasteiger partial charge is 0.115 e. The van der Waals surface area contributed by atoms with Crippen LogP contribution in [-0.2, 0) is 0 Å². The zero-order valence-electron chi connectivity index (χ0n) is 10.6. The zero-order chi connectivity index (χ0) is 13.8. The summed E-state index contributed by atoms with van der Waals surface area (Å²) < 4.78 is 0. The van der Waals surface area contributed by atoms with Crippen LogP contribution in [0.3, 0.4) is 0 Å². The van der Waals surface area contributed by atoms with Crippen molar-refractivity contribution in [3.8, 4) is 0 Å². The molecule has 1 unspecified atom stereocenters. The number of hydrogen-bond donors (Lipinski definition) is 3. The Hall–Kier alpha value is -1.98. The molecule has 0 aliphatic rings. The highest BCUT2D eigenvalue weighted by Crippen LogP contribution is 2.34. The molecule has 0 heterocycles. The molecule has 0 spiro atoms. The molecule has 0 saturated carbocycles. The van der Waals surface area contributed by atoms with E-state index in [2.05, 4.69) is 10.7 Å². The van der Waals surface area contributed by atoms with Gasteiger partial charge >= 0.3 is 0 Å². The molecule has 0 aliphatic heterocycles. The summed E-state index contributed by atoms with van der Waals surface area (Å²) in [5, 5.41) is 23.3. The molecule has 2 aromatic rings. The lowest BCUT2D eigenvalue weighted by atomic mass is 9.99. The van der Waals surface area contributed by atoms with E-state index in [4.69, 9.17) is 5.21 Å². The molecule has 2 rings (SSSR count). The van der Waals surface area contributed by atoms with E-state index in [0.717, 1.165) is 12.0 Å². The van der Waals surface area contributed by atoms with E-state index >= 15 is 0 Å². The van der Waals surface area contributed by atoms with Crippen molar-refractivity contribution in [1.29, 1.82) is 0 Å². The summed E-state index contributed by atoms with van der Waals surface area (Å²) in [7, 11) is 0. The summed E-state index contributed by atoms with van der Waals surface area (Å²) in [5.74, 6) is 0. The van der Waals surface area contributed by atoms with Crippen LogP contribution in [0.25, 0.3) is 10.8 Å². The van der Waals surface area contributed by atoms with E-state index in [9.17, 15) is 10.0 Å². The van der Waals surface area contributed by atoms with Gasteiger partial charge in [-0.2, -0.15) is 0 Å². The van der Waals surface area contributed by atoms with Gasteiger partial charge in [0.1, 0.15) is 5.69 Å². The molecule has 0 bridgehead atoms. The van der Waals surface area contributed by atoms with Crippen LogP contribution in [0.15, 0.2) is 35.5 Å². The van der Waals surface area contributed by atoms with Gasteiger partial charge in [-0.3, -0.25) is 10.7 Å². The molecular formula is C14H16N2O3. The molecule has 2 aromatic carbocycles. The number of anilines is 1. The number of nitrogens with one attached hydrogen (secondary N) is 1. The summed E-state index contributed by atoms with van der Waals surface area (Å²) in [6.07, 6.45) is 0.975. The maximum absolute atomic E-state index is 10.8. The molecule has 0 amide bonds. The Bertz CT molecular complexity index is 599. The van der Waals surface area contributed by atoms with Crippen LogP contribution in [0.2, 0.25) is 0 Å². The number of fused-ring (bicyclic) bond motifs is 1. The van der Waals surface area contributed by atoms with Crippen molar-refractivity contribution < 1.29 is 10.3 Å². The lowest BCUT2D eigenvalue weighted by molar-refractivity contribution is 0.166. The van der Waals surface area contributed by atoms with Crippen molar-refractivity contribution in [1.82, 2.24) is 0 Å². The number of rotatable bonds is 5. The van der Waals surface area contributed by atoms with Gasteiger partial charge in [-0.1, -0.05) is 25.5 Å². The average molecular weight is 260 g/mol. The fourth-order valence-electron chi connectivity index (χ4n) is 2.17. The Labute approximate surface area is 110 Å². The first-order chi connectivity index (χ1) is 9.21. The zero-order valence-corrected chi connectivity index (χ0v) is 10.6. The second-order valence-electron chi connectivity index (χ2n) is 4.44. The predicted molar refractivity (Wildman–Crippen MR) is 74.7 cm³/mol. The largest absolute Gasteiger partial charge is 0.388 e. The van der Waals surface area contributed by atoms with Crippen LogP contribution < -0.4 is 5.48 Å². The molecule has 5 heteroatoms. The lowest BCUT2D eigenvalue weighted by Gasteiger charge is -2.12. The lowest BCUT2D eigenvalue weighted by Crippen LogP contribution is -1.97. The Morgan fingerprint density at radius 1 is 1.26 bits per heavy atom. The minimum absolute atomic E-state index is 0.291. The number of benzene rings is 2. The van der Waals surface area contributed by atoms with Gasteiger partial charge < -0.3 is 5.11 Å². The van der Waals surface area contributed by atoms with Gasteiger partial charge in [0, 0.05) is 10.8 Å². The molecule has 100 valence electrons. The minimum atomic E-state index is -0.556. The fourth-order valence-corrected chi connectivity index (χ4v) is 2.17. The molecular weight excluding hydrogens is 244 g/mol. The highest BCUT2D eigenvalue weighted by Gasteiger charge is 2.11. The number of aliphatic hydroxyl groups is 1. The maximum atomic E-state index is 10.8. The predicted octanol–water partition coefficient (Wildman–Crippen LogP) is 3.87. The van der Waals surface area contributed by atoms with Gasteiger partial charge in [0.25, 0.3) is 0 Å². The molecule has 19 heavy (non-hydrogen) atoms. The first-order valence-electron chi connectivity index (χ1n) is 6.19. The van der Waals surface area contributed by atoms with Gasteiger partial charge in [-0.15, -0.1) is 4.91 Å². The summed E-state index contributed by atoms with van der Waals surface area (Å²) in [6, 6.07) is 8.41. The summed E-state index contributed by atoms with van der Waals surface area (Å²) in [6.45, 7) is 2.00. The van der Waals surface area contributed by atoms with Gasteiger partial charge in [0.2, 0.25) is 0 Å². The van der Waals surface area contributed by atoms with Gasteiger partial charge in [0.05, 0.1) is 11.8 Å². The third-order valence-electron chi connectivity index (χ3n) is 3.18. The SMILES string of the molecule is CCCC(O)c1ccc2c(NO)ccc(N=O)c2c1. The maximum Gasteiger partial charge on any atom is 0.115 e. The topological polar surface area (TPSA) is 81.9 Å². The summed E-state index contributed by atoms with van der Waals surface area (Å²) >= 11 is 0. The van der Waals surface area contributed by atoms with Crippen molar-refractivity contribution >= 4 is 22.1 Å². The van der Waals surface area contributed by atoms with Crippen LogP contribution in [0.4, 0.5) is 11.4 Å². The molecule has 0 saturated heterocycles. The van der Waals surface area contributed by atoms with Crippen molar-refractivity contribution in [3.63, 3.8) is 0 Å². The Morgan fingerprint density at radius 2 is 2.05 bits per heavy atom. The number of nitrogens with zero attached hydrogens (tertiary/aromatic N) is 1. The molecule has 0 aromatic heterocycles. The highest BCUT2D eigenvalue weighted by molar-refractivity contribution is 6.01. The van der Waals surface area contributed by atoms with E-state index in [0.29, 0.717) is 28.6 Å². The van der Waals surface area contributed by atoms with Crippen LogP contribution >= 0.6 is 0 Å². The molecule has 3 N–H and O–H groups in total. The van der Waals surface area contributed by atoms with Crippen LogP contribution in [0.5, 0.6) is 0 Å². The third kappa shape index (κ3) is 2.57. The fraction of sp³-hybridized carbons (Fsp3) is 0.286. The second-order valence-corrected chi connectivity index (χ2v) is 4.44. The minimum Gasteiger partial charge on any atom is -0.388 e. The summed E-state index contributed by atoms with van der Waals surface area (Å²) in [5.41, 5.74) is 3.62. The van der Waals surface area contributed by atoms with Crippen molar-refractivity contribution in [2.75, 3.05) is 5.48 Å². The van der Waals surface area contributed by atoms with Gasteiger partial charge in [-0.25, -0.2) is 0 Å². The van der Waals surface area contributed by atoms with E-state index in [-0.39, 0.29) is 0 Å². The molecule has 0 aliphatic carbocycles. The molecule has 1 atom stereocenters. The Morgan fingerprint density at radius 3 is 2.68 bits per heavy atom. The number of nitroso groups, excluding NO2 is 1. The first kappa shape index (κ1) is 13.5. The van der Waals surface area contributed by atoms with E-state index in [1.807, 2.05) is 6.92 Å². The van der Waals surface area contributed by atoms with Crippen LogP contribution in [-0.4, -0.2) is 10.3 Å². The average Bonchev–Trinajstić information content (AvgIpc) is 2.45. The Kier molecular flexibility index (Phi) is 4.09. The van der Waals surface area contributed by atoms with Crippen molar-refractivity contribution in [2.24, 2.45) is 5.18 Å². The van der Waals surface area contributed by atoms with Gasteiger partial charge in [-0.05, 0) is 35.4 Å². The van der Waals surface area contributed by atoms with E-state index < -0.39 is 6.10 Å². The molecule has 0 fully saturated rings. The van der Waals surface area contributed by atoms with E-state index in [1.165, 1.54) is 6.07 Å². The van der Waals surface area contributed by atoms with Crippen molar-refractivity contribution in [2.45, 2.75) is 25.9 Å². The first-order valence-corrected chi connectivity index (χ1v) is 6.19. The monoisotopic (exact) mass is 260 g/mol. The highest BCUT2D eigenvalue weighted by atomic mass is 16.5. The van der Waals surface area contributed by atoms with Crippen LogP contribution in [0.1, 0.15) is 31.4 Å². The van der Waals surface area contributed by atoms with Crippen LogP contribution in [0, 0.1) is 4.91 Å². The second kappa shape index (κ2) is 5.77. The van der Waals surface area contributed by atoms with Crippen molar-refractivity contribution in [3.05, 3.63) is 40.8 Å². The number of hydrogen-bond acceptors (Lipinski definition) is 5. The molecule has 5 nitrogen and oxygen atoms in total. The Balaban J connectivity index is 2.60. The number of aliphatic hydroxyl groups excluding tert-OH is 1. The summed E-state index contributed by atoms with van der Waals surface area (Å²) in [4.78, 5) is 10.8. The quantitative estimate of drug-likeness (QED) is 0.563. The van der Waals surface area contributed by atoms with Gasteiger partial charge in [0.15, 0.2) is 0 Å². The van der Waals surface area contributed by atoms with E-state index in [1.54, 1.807) is 24.3 Å². The standard InChI is InChI=1S/C14H16N2O3/c1-2-3-14(17)9-4-5-10-11(8-9)13(16-19)7-6-12(10)15-18/h4-8,14-15,17-18H,2-3H2,1H3. The third-order valence-corrected chi connectivity index (χ3v) is 3.18.